The zero-order valence-electron chi connectivity index (χ0n) is 12.0. The molecule has 0 heterocycles. The Balaban J connectivity index is 2.61. The first-order valence-corrected chi connectivity index (χ1v) is 6.88. The maximum atomic E-state index is 10.7. The molecule has 0 saturated heterocycles. The third kappa shape index (κ3) is 6.36. The van der Waals surface area contributed by atoms with Crippen molar-refractivity contribution in [1.82, 2.24) is 0 Å². The number of hydrogen-bond acceptors (Lipinski definition) is 2. The molecule has 4 nitrogen and oxygen atoms in total. The van der Waals surface area contributed by atoms with Crippen LogP contribution in [0.4, 0.5) is 0 Å². The van der Waals surface area contributed by atoms with Crippen molar-refractivity contribution in [3.05, 3.63) is 35.4 Å². The highest BCUT2D eigenvalue weighted by atomic mass is 16.4. The maximum absolute atomic E-state index is 10.7. The number of carboxylic acid groups (broad SMARTS) is 2. The summed E-state index contributed by atoms with van der Waals surface area (Å²) < 4.78 is 0. The van der Waals surface area contributed by atoms with E-state index < -0.39 is 11.9 Å². The smallest absolute Gasteiger partial charge is 0.303 e. The molecule has 0 aromatic heterocycles. The fourth-order valence-corrected chi connectivity index (χ4v) is 2.43. The number of aliphatic carboxylic acids is 2. The van der Waals surface area contributed by atoms with Crippen molar-refractivity contribution in [2.24, 2.45) is 11.8 Å². The topological polar surface area (TPSA) is 74.6 Å². The molecule has 20 heavy (non-hydrogen) atoms. The van der Waals surface area contributed by atoms with Gasteiger partial charge in [-0.15, -0.1) is 0 Å². The second-order valence-corrected chi connectivity index (χ2v) is 5.63. The molecule has 0 saturated carbocycles. The highest BCUT2D eigenvalue weighted by Gasteiger charge is 2.11. The van der Waals surface area contributed by atoms with E-state index in [0.717, 1.165) is 24.0 Å². The number of rotatable bonds is 8. The first-order chi connectivity index (χ1) is 9.36. The van der Waals surface area contributed by atoms with Gasteiger partial charge in [0.1, 0.15) is 0 Å². The van der Waals surface area contributed by atoms with Gasteiger partial charge in [-0.05, 0) is 35.8 Å². The highest BCUT2D eigenvalue weighted by Crippen LogP contribution is 2.17. The first kappa shape index (κ1) is 16.2. The molecule has 0 aliphatic heterocycles. The van der Waals surface area contributed by atoms with E-state index in [9.17, 15) is 9.59 Å². The molecule has 1 aromatic rings. The molecule has 0 fully saturated rings. The van der Waals surface area contributed by atoms with Gasteiger partial charge >= 0.3 is 11.9 Å². The molecule has 0 radical (unpaired) electrons. The van der Waals surface area contributed by atoms with E-state index in [2.05, 4.69) is 6.07 Å². The minimum atomic E-state index is -0.774. The average molecular weight is 278 g/mol. The van der Waals surface area contributed by atoms with Gasteiger partial charge in [0.2, 0.25) is 0 Å². The maximum Gasteiger partial charge on any atom is 0.303 e. The summed E-state index contributed by atoms with van der Waals surface area (Å²) >= 11 is 0. The number of hydrogen-bond donors (Lipinski definition) is 2. The van der Waals surface area contributed by atoms with Crippen LogP contribution in [-0.4, -0.2) is 22.2 Å². The lowest BCUT2D eigenvalue weighted by molar-refractivity contribution is -0.139. The first-order valence-electron chi connectivity index (χ1n) is 6.88. The number of carbonyl (C=O) groups is 2. The van der Waals surface area contributed by atoms with Crippen molar-refractivity contribution in [1.29, 1.82) is 0 Å². The quantitative estimate of drug-likeness (QED) is 0.766. The molecule has 4 heteroatoms. The Kier molecular flexibility index (Phi) is 6.22. The van der Waals surface area contributed by atoms with Crippen LogP contribution in [0.2, 0.25) is 0 Å². The lowest BCUT2D eigenvalue weighted by Gasteiger charge is -2.12. The summed E-state index contributed by atoms with van der Waals surface area (Å²) in [5, 5.41) is 17.5. The van der Waals surface area contributed by atoms with Gasteiger partial charge in [0, 0.05) is 12.8 Å². The third-order valence-corrected chi connectivity index (χ3v) is 3.21. The zero-order valence-corrected chi connectivity index (χ0v) is 12.0. The van der Waals surface area contributed by atoms with Gasteiger partial charge in [-0.1, -0.05) is 38.1 Å². The predicted octanol–water partition coefficient (Wildman–Crippen LogP) is 2.99. The van der Waals surface area contributed by atoms with Gasteiger partial charge in [-0.2, -0.15) is 0 Å². The Morgan fingerprint density at radius 2 is 1.35 bits per heavy atom. The SMILES string of the molecule is CC(CC(=O)O)Cc1cccc(CC(C)CC(=O)O)c1. The van der Waals surface area contributed by atoms with Crippen LogP contribution in [0.5, 0.6) is 0 Å². The Hall–Kier alpha value is -1.84. The molecule has 0 spiro atoms. The molecule has 0 aliphatic rings. The van der Waals surface area contributed by atoms with E-state index >= 15 is 0 Å². The van der Waals surface area contributed by atoms with E-state index in [1.807, 2.05) is 32.0 Å². The molecule has 110 valence electrons. The van der Waals surface area contributed by atoms with Crippen molar-refractivity contribution in [2.75, 3.05) is 0 Å². The van der Waals surface area contributed by atoms with Crippen molar-refractivity contribution in [2.45, 2.75) is 39.5 Å². The Labute approximate surface area is 119 Å². The monoisotopic (exact) mass is 278 g/mol. The molecular formula is C16H22O4. The van der Waals surface area contributed by atoms with Crippen LogP contribution in [0.15, 0.2) is 24.3 Å². The highest BCUT2D eigenvalue weighted by molar-refractivity contribution is 5.67. The van der Waals surface area contributed by atoms with Crippen molar-refractivity contribution in [3.8, 4) is 0 Å². The summed E-state index contributed by atoms with van der Waals surface area (Å²) in [7, 11) is 0. The molecule has 0 aliphatic carbocycles. The molecule has 2 atom stereocenters. The van der Waals surface area contributed by atoms with E-state index in [1.54, 1.807) is 0 Å². The molecule has 1 aromatic carbocycles. The van der Waals surface area contributed by atoms with Gasteiger partial charge < -0.3 is 10.2 Å². The standard InChI is InChI=1S/C16H22O4/c1-11(8-15(17)18)6-13-4-3-5-14(10-13)7-12(2)9-16(19)20/h3-5,10-12H,6-9H2,1-2H3,(H,17,18)(H,19,20). The Bertz CT molecular complexity index is 428. The van der Waals surface area contributed by atoms with Crippen LogP contribution in [0, 0.1) is 11.8 Å². The third-order valence-electron chi connectivity index (χ3n) is 3.21. The second kappa shape index (κ2) is 7.68. The van der Waals surface area contributed by atoms with Gasteiger partial charge in [0.25, 0.3) is 0 Å². The van der Waals surface area contributed by atoms with Crippen LogP contribution in [0.3, 0.4) is 0 Å². The Morgan fingerprint density at radius 3 is 1.70 bits per heavy atom. The van der Waals surface area contributed by atoms with Gasteiger partial charge in [-0.25, -0.2) is 0 Å². The largest absolute Gasteiger partial charge is 0.481 e. The normalized spacial score (nSPS) is 13.7. The van der Waals surface area contributed by atoms with Crippen LogP contribution >= 0.6 is 0 Å². The lowest BCUT2D eigenvalue weighted by atomic mass is 9.93. The molecule has 0 bridgehead atoms. The summed E-state index contributed by atoms with van der Waals surface area (Å²) in [6.45, 7) is 3.85. The predicted molar refractivity (Wildman–Crippen MR) is 76.7 cm³/mol. The molecule has 2 N–H and O–H groups in total. The van der Waals surface area contributed by atoms with E-state index in [0.29, 0.717) is 0 Å². The summed E-state index contributed by atoms with van der Waals surface area (Å²) in [4.78, 5) is 21.3. The Morgan fingerprint density at radius 1 is 0.950 bits per heavy atom. The fraction of sp³-hybridized carbons (Fsp3) is 0.500. The van der Waals surface area contributed by atoms with Gasteiger partial charge in [0.05, 0.1) is 0 Å². The van der Waals surface area contributed by atoms with Crippen molar-refractivity contribution in [3.63, 3.8) is 0 Å². The summed E-state index contributed by atoms with van der Waals surface area (Å²) in [5.74, 6) is -1.36. The van der Waals surface area contributed by atoms with E-state index in [4.69, 9.17) is 10.2 Å². The number of carboxylic acids is 2. The van der Waals surface area contributed by atoms with Gasteiger partial charge in [0.15, 0.2) is 0 Å². The summed E-state index contributed by atoms with van der Waals surface area (Å²) in [6, 6.07) is 7.98. The van der Waals surface area contributed by atoms with Crippen LogP contribution in [0.1, 0.15) is 37.8 Å². The van der Waals surface area contributed by atoms with E-state index in [-0.39, 0.29) is 24.7 Å². The second-order valence-electron chi connectivity index (χ2n) is 5.63. The minimum absolute atomic E-state index is 0.0965. The molecule has 0 amide bonds. The lowest BCUT2D eigenvalue weighted by Crippen LogP contribution is -2.08. The molecular weight excluding hydrogens is 256 g/mol. The molecule has 2 unspecified atom stereocenters. The summed E-state index contributed by atoms with van der Waals surface area (Å²) in [5.41, 5.74) is 2.22. The van der Waals surface area contributed by atoms with Crippen molar-refractivity contribution < 1.29 is 19.8 Å². The number of benzene rings is 1. The summed E-state index contributed by atoms with van der Waals surface area (Å²) in [6.07, 6.45) is 1.79. The average Bonchev–Trinajstić information content (AvgIpc) is 2.26. The minimum Gasteiger partial charge on any atom is -0.481 e. The van der Waals surface area contributed by atoms with Crippen LogP contribution in [0.25, 0.3) is 0 Å². The van der Waals surface area contributed by atoms with Crippen LogP contribution in [-0.2, 0) is 22.4 Å². The zero-order chi connectivity index (χ0) is 15.1. The van der Waals surface area contributed by atoms with Crippen molar-refractivity contribution >= 4 is 11.9 Å². The molecule has 1 rings (SSSR count). The van der Waals surface area contributed by atoms with Crippen LogP contribution < -0.4 is 0 Å². The fourth-order valence-electron chi connectivity index (χ4n) is 2.43. The van der Waals surface area contributed by atoms with E-state index in [1.165, 1.54) is 0 Å². The van der Waals surface area contributed by atoms with Gasteiger partial charge in [-0.3, -0.25) is 9.59 Å².